The Balaban J connectivity index is 1.50. The summed E-state index contributed by atoms with van der Waals surface area (Å²) in [5.74, 6) is -2.38. The molecule has 3 aromatic heterocycles. The summed E-state index contributed by atoms with van der Waals surface area (Å²) >= 11 is 0. The van der Waals surface area contributed by atoms with Crippen molar-refractivity contribution in [3.8, 4) is 0 Å². The molecule has 0 saturated carbocycles. The second-order valence-corrected chi connectivity index (χ2v) is 18.6. The maximum absolute atomic E-state index is 13.8. The van der Waals surface area contributed by atoms with E-state index in [0.29, 0.717) is 52.9 Å². The van der Waals surface area contributed by atoms with Gasteiger partial charge < -0.3 is 35.0 Å². The van der Waals surface area contributed by atoms with Crippen LogP contribution < -0.4 is 5.32 Å². The van der Waals surface area contributed by atoms with Crippen molar-refractivity contribution in [3.05, 3.63) is 68.3 Å². The number of aryl methyl sites for hydroxylation is 5. The summed E-state index contributed by atoms with van der Waals surface area (Å²) < 4.78 is 11.1. The molecule has 13 nitrogen and oxygen atoms in total. The molecular formula is C46H61N5O8. The lowest BCUT2D eigenvalue weighted by Gasteiger charge is -2.34. The Hall–Kier alpha value is -4.88. The van der Waals surface area contributed by atoms with E-state index in [1.54, 1.807) is 54.5 Å². The van der Waals surface area contributed by atoms with Crippen LogP contribution in [0.3, 0.4) is 0 Å². The Kier molecular flexibility index (Phi) is 11.6. The van der Waals surface area contributed by atoms with Crippen LogP contribution in [0.25, 0.3) is 22.1 Å². The number of rotatable bonds is 10. The van der Waals surface area contributed by atoms with Crippen molar-refractivity contribution in [1.29, 1.82) is 0 Å². The normalized spacial score (nSPS) is 21.9. The highest BCUT2D eigenvalue weighted by atomic mass is 16.6. The number of nitrogens with one attached hydrogen (secondary N) is 3. The first kappa shape index (κ1) is 43.7. The number of aldehydes is 1. The minimum absolute atomic E-state index is 0.00283. The largest absolute Gasteiger partial charge is 0.460 e. The van der Waals surface area contributed by atoms with Crippen LogP contribution in [0.4, 0.5) is 0 Å². The molecule has 1 aliphatic carbocycles. The zero-order chi connectivity index (χ0) is 43.6. The maximum atomic E-state index is 13.8. The van der Waals surface area contributed by atoms with Gasteiger partial charge in [0.05, 0.1) is 34.6 Å². The molecule has 0 saturated heterocycles. The predicted octanol–water partition coefficient (Wildman–Crippen LogP) is 7.14. The molecule has 5 atom stereocenters. The van der Waals surface area contributed by atoms with Crippen molar-refractivity contribution in [2.24, 2.45) is 0 Å². The summed E-state index contributed by atoms with van der Waals surface area (Å²) in [4.78, 5) is 70.4. The van der Waals surface area contributed by atoms with Gasteiger partial charge in [-0.15, -0.1) is 0 Å². The van der Waals surface area contributed by atoms with E-state index in [1.807, 2.05) is 40.7 Å². The maximum Gasteiger partial charge on any atom is 0.329 e. The Bertz CT molecular complexity index is 2380. The van der Waals surface area contributed by atoms with Gasteiger partial charge in [-0.2, -0.15) is 0 Å². The lowest BCUT2D eigenvalue weighted by molar-refractivity contribution is -0.165. The van der Waals surface area contributed by atoms with Gasteiger partial charge in [0.2, 0.25) is 5.91 Å². The number of aliphatic hydroxyl groups is 2. The summed E-state index contributed by atoms with van der Waals surface area (Å²) in [7, 11) is 0. The van der Waals surface area contributed by atoms with Crippen molar-refractivity contribution < 1.29 is 38.9 Å². The van der Waals surface area contributed by atoms with E-state index in [4.69, 9.17) is 19.4 Å². The molecule has 13 heteroatoms. The number of hydrogen-bond acceptors (Lipinski definition) is 10. The molecule has 2 aliphatic heterocycles. The van der Waals surface area contributed by atoms with E-state index >= 15 is 0 Å². The van der Waals surface area contributed by atoms with Crippen LogP contribution in [0.5, 0.6) is 0 Å². The molecule has 0 radical (unpaired) electrons. The van der Waals surface area contributed by atoms with Crippen molar-refractivity contribution in [2.45, 2.75) is 168 Å². The second-order valence-electron chi connectivity index (χ2n) is 18.6. The van der Waals surface area contributed by atoms with Crippen molar-refractivity contribution in [1.82, 2.24) is 25.3 Å². The van der Waals surface area contributed by atoms with Crippen LogP contribution in [-0.4, -0.2) is 71.5 Å². The zero-order valence-electron chi connectivity index (χ0n) is 36.7. The standard InChI is InChI=1S/C46H61N5O8/c1-13-26-24(4)38-30(22-52)39-25(5)28(17-18-36(53)47-33(42(55)59-44(9,10)11)21-37(54)58-43(6,7)8)41(51-39)29-16-15-27-23(3)31(48-40(27)29)19-35-46(57,14-2)45(12,56)34(50-35)20-32(26)49-38/h19-20,22,25,28,33,48-49,56-57H,13-18,21H2,1-12H3,(H,47,53)/t25-,28-,33-,45?,46?/m0/s1. The van der Waals surface area contributed by atoms with Crippen LogP contribution in [-0.2, 0) is 54.3 Å². The number of fused-ring (bicyclic) bond motifs is 8. The Morgan fingerprint density at radius 1 is 0.915 bits per heavy atom. The van der Waals surface area contributed by atoms with Crippen LogP contribution in [0.2, 0.25) is 0 Å². The Labute approximate surface area is 346 Å². The van der Waals surface area contributed by atoms with Crippen molar-refractivity contribution in [2.75, 3.05) is 0 Å². The fraction of sp³-hybridized carbons (Fsp3) is 0.565. The van der Waals surface area contributed by atoms with Gasteiger partial charge >= 0.3 is 11.9 Å². The number of esters is 2. The molecule has 1 amide bonds. The van der Waals surface area contributed by atoms with Crippen molar-refractivity contribution in [3.63, 3.8) is 0 Å². The number of H-pyrrole nitrogens is 2. The minimum atomic E-state index is -1.71. The number of carbonyl (C=O) groups is 4. The van der Waals surface area contributed by atoms with Gasteiger partial charge in [0.25, 0.3) is 0 Å². The molecule has 0 aromatic carbocycles. The van der Waals surface area contributed by atoms with E-state index in [9.17, 15) is 29.4 Å². The number of hydrogen-bond donors (Lipinski definition) is 5. The molecule has 3 aliphatic rings. The lowest BCUT2D eigenvalue weighted by Crippen LogP contribution is -2.46. The number of ether oxygens (including phenoxy) is 2. The van der Waals surface area contributed by atoms with Gasteiger partial charge in [-0.25, -0.2) is 4.79 Å². The number of amides is 1. The SMILES string of the molecule is CCc1c(C)c2[nH]c1cc1nc(cc3[nH]c4c(c5nc(c2C=O)[C@@H](C)[C@@H]5CCC(=O)N[C@@H](CC(=O)OC(C)(C)C)C(=O)OC(C)(C)C)CCc4c3C)C(O)(CC)C1(C)O. The van der Waals surface area contributed by atoms with E-state index in [0.717, 1.165) is 57.3 Å². The quantitative estimate of drug-likeness (QED) is 0.104. The van der Waals surface area contributed by atoms with E-state index in [-0.39, 0.29) is 31.1 Å². The topological polar surface area (TPSA) is 197 Å². The number of nitrogens with zero attached hydrogens (tertiary/aromatic N) is 2. The molecule has 59 heavy (non-hydrogen) atoms. The molecular weight excluding hydrogens is 751 g/mol. The summed E-state index contributed by atoms with van der Waals surface area (Å²) in [5.41, 5.74) is 5.25. The van der Waals surface area contributed by atoms with Gasteiger partial charge in [-0.3, -0.25) is 24.4 Å². The third-order valence-electron chi connectivity index (χ3n) is 12.3. The molecule has 6 rings (SSSR count). The highest BCUT2D eigenvalue weighted by molar-refractivity contribution is 5.92. The van der Waals surface area contributed by atoms with Gasteiger partial charge in [0.1, 0.15) is 28.4 Å². The first-order valence-corrected chi connectivity index (χ1v) is 20.9. The molecule has 2 unspecified atom stereocenters. The van der Waals surface area contributed by atoms with Crippen molar-refractivity contribution >= 4 is 46.2 Å². The number of aromatic nitrogens is 4. The molecule has 318 valence electrons. The predicted molar refractivity (Wildman–Crippen MR) is 225 cm³/mol. The van der Waals surface area contributed by atoms with E-state index in [1.165, 1.54) is 0 Å². The highest BCUT2D eigenvalue weighted by Crippen LogP contribution is 2.48. The molecule has 5 heterocycles. The monoisotopic (exact) mass is 811 g/mol. The number of carbonyl (C=O) groups excluding carboxylic acids is 4. The minimum Gasteiger partial charge on any atom is -0.460 e. The zero-order valence-corrected chi connectivity index (χ0v) is 36.7. The van der Waals surface area contributed by atoms with Gasteiger partial charge in [-0.05, 0) is 134 Å². The lowest BCUT2D eigenvalue weighted by atomic mass is 9.80. The van der Waals surface area contributed by atoms with Crippen LogP contribution in [0.1, 0.15) is 168 Å². The molecule has 0 fully saturated rings. The Morgan fingerprint density at radius 3 is 2.15 bits per heavy atom. The fourth-order valence-electron chi connectivity index (χ4n) is 9.06. The van der Waals surface area contributed by atoms with Gasteiger partial charge in [0, 0.05) is 40.5 Å². The molecule has 5 N–H and O–H groups in total. The van der Waals surface area contributed by atoms with Crippen LogP contribution in [0.15, 0.2) is 12.1 Å². The summed E-state index contributed by atoms with van der Waals surface area (Å²) in [6.45, 7) is 21.8. The summed E-state index contributed by atoms with van der Waals surface area (Å²) in [5, 5.41) is 26.8. The van der Waals surface area contributed by atoms with Gasteiger partial charge in [-0.1, -0.05) is 20.8 Å². The Morgan fingerprint density at radius 2 is 1.54 bits per heavy atom. The van der Waals surface area contributed by atoms with Gasteiger partial charge in [0.15, 0.2) is 6.29 Å². The second kappa shape index (κ2) is 15.6. The fourth-order valence-corrected chi connectivity index (χ4v) is 9.06. The van der Waals surface area contributed by atoms with E-state index in [2.05, 4.69) is 15.3 Å². The average Bonchev–Trinajstić information content (AvgIpc) is 3.89. The first-order valence-electron chi connectivity index (χ1n) is 20.9. The molecule has 3 aromatic rings. The molecule has 8 bridgehead atoms. The van der Waals surface area contributed by atoms with Crippen LogP contribution in [0, 0.1) is 13.8 Å². The number of aromatic amines is 2. The summed E-state index contributed by atoms with van der Waals surface area (Å²) in [6, 6.07) is 2.34. The highest BCUT2D eigenvalue weighted by Gasteiger charge is 2.53. The third-order valence-corrected chi connectivity index (χ3v) is 12.3. The smallest absolute Gasteiger partial charge is 0.329 e. The third kappa shape index (κ3) is 8.07. The van der Waals surface area contributed by atoms with E-state index < -0.39 is 46.3 Å². The molecule has 0 spiro atoms. The average molecular weight is 812 g/mol. The summed E-state index contributed by atoms with van der Waals surface area (Å²) in [6.07, 6.45) is 3.03. The first-order chi connectivity index (χ1) is 27.4. The van der Waals surface area contributed by atoms with Crippen LogP contribution >= 0.6 is 0 Å².